The van der Waals surface area contributed by atoms with Crippen molar-refractivity contribution in [3.63, 3.8) is 0 Å². The van der Waals surface area contributed by atoms with Crippen molar-refractivity contribution < 1.29 is 9.53 Å². The highest BCUT2D eigenvalue weighted by atomic mass is 16.5. The maximum absolute atomic E-state index is 12.6. The van der Waals surface area contributed by atoms with E-state index in [1.165, 1.54) is 6.33 Å². The van der Waals surface area contributed by atoms with Gasteiger partial charge in [-0.15, -0.1) is 5.10 Å². The highest BCUT2D eigenvalue weighted by Gasteiger charge is 2.32. The molecule has 1 saturated heterocycles. The van der Waals surface area contributed by atoms with E-state index in [0.29, 0.717) is 18.1 Å². The summed E-state index contributed by atoms with van der Waals surface area (Å²) < 4.78 is 7.19. The molecule has 0 spiro atoms. The molecule has 2 aromatic heterocycles. The van der Waals surface area contributed by atoms with Crippen molar-refractivity contribution in [2.75, 3.05) is 13.2 Å². The number of aromatic amines is 1. The van der Waals surface area contributed by atoms with Gasteiger partial charge in [-0.2, -0.15) is 5.10 Å². The first-order chi connectivity index (χ1) is 12.7. The van der Waals surface area contributed by atoms with Crippen LogP contribution in [0, 0.1) is 6.92 Å². The second-order valence-corrected chi connectivity index (χ2v) is 6.06. The summed E-state index contributed by atoms with van der Waals surface area (Å²) >= 11 is 0. The van der Waals surface area contributed by atoms with Gasteiger partial charge in [0.25, 0.3) is 5.91 Å². The number of carbonyl (C=O) groups excluding carboxylic acids is 1. The standard InChI is InChI=1S/C16H18N8O2/c1-11-18-16(20-19-11)14-3-2-8-23(14)15(25)9-26-13-6-4-12(5-7-13)24-10-17-21-22-24/h4-7,10,14H,2-3,8-9H2,1H3,(H,18,19,20)/t14-/m0/s1. The zero-order valence-corrected chi connectivity index (χ0v) is 14.2. The number of aromatic nitrogens is 7. The average Bonchev–Trinajstić information content (AvgIpc) is 3.40. The third-order valence-corrected chi connectivity index (χ3v) is 4.30. The Kier molecular flexibility index (Phi) is 4.30. The van der Waals surface area contributed by atoms with E-state index in [-0.39, 0.29) is 18.6 Å². The monoisotopic (exact) mass is 354 g/mol. The van der Waals surface area contributed by atoms with Crippen molar-refractivity contribution in [2.24, 2.45) is 0 Å². The minimum Gasteiger partial charge on any atom is -0.484 e. The van der Waals surface area contributed by atoms with Gasteiger partial charge >= 0.3 is 0 Å². The van der Waals surface area contributed by atoms with E-state index >= 15 is 0 Å². The maximum atomic E-state index is 12.6. The van der Waals surface area contributed by atoms with Crippen molar-refractivity contribution in [3.05, 3.63) is 42.2 Å². The van der Waals surface area contributed by atoms with Crippen LogP contribution in [0.2, 0.25) is 0 Å². The van der Waals surface area contributed by atoms with Gasteiger partial charge < -0.3 is 9.64 Å². The fourth-order valence-corrected chi connectivity index (χ4v) is 3.05. The van der Waals surface area contributed by atoms with E-state index in [1.54, 1.807) is 21.7 Å². The van der Waals surface area contributed by atoms with Crippen LogP contribution in [0.15, 0.2) is 30.6 Å². The van der Waals surface area contributed by atoms with E-state index in [2.05, 4.69) is 30.7 Å². The number of nitrogens with one attached hydrogen (secondary N) is 1. The number of H-pyrrole nitrogens is 1. The number of hydrogen-bond acceptors (Lipinski definition) is 7. The lowest BCUT2D eigenvalue weighted by Crippen LogP contribution is -2.34. The molecule has 3 heterocycles. The van der Waals surface area contributed by atoms with Gasteiger partial charge in [0.2, 0.25) is 0 Å². The number of tetrazole rings is 1. The molecule has 1 aliphatic heterocycles. The van der Waals surface area contributed by atoms with Crippen molar-refractivity contribution in [3.8, 4) is 11.4 Å². The Morgan fingerprint density at radius 3 is 2.88 bits per heavy atom. The minimum absolute atomic E-state index is 0.0237. The van der Waals surface area contributed by atoms with E-state index < -0.39 is 0 Å². The number of nitrogens with zero attached hydrogens (tertiary/aromatic N) is 7. The summed E-state index contributed by atoms with van der Waals surface area (Å²) in [6.45, 7) is 2.52. The number of ether oxygens (including phenoxy) is 1. The van der Waals surface area contributed by atoms with Crippen molar-refractivity contribution >= 4 is 5.91 Å². The SMILES string of the molecule is Cc1nc([C@@H]2CCCN2C(=O)COc2ccc(-n3cnnn3)cc2)n[nH]1. The lowest BCUT2D eigenvalue weighted by molar-refractivity contribution is -0.134. The summed E-state index contributed by atoms with van der Waals surface area (Å²) in [6.07, 6.45) is 3.31. The largest absolute Gasteiger partial charge is 0.484 e. The van der Waals surface area contributed by atoms with Crippen molar-refractivity contribution in [2.45, 2.75) is 25.8 Å². The molecule has 10 nitrogen and oxygen atoms in total. The second kappa shape index (κ2) is 6.90. The molecule has 0 bridgehead atoms. The van der Waals surface area contributed by atoms with Gasteiger partial charge in [0.1, 0.15) is 17.9 Å². The number of benzene rings is 1. The van der Waals surface area contributed by atoms with Gasteiger partial charge in [-0.05, 0) is 54.5 Å². The molecular weight excluding hydrogens is 336 g/mol. The molecule has 1 amide bonds. The van der Waals surface area contributed by atoms with Crippen molar-refractivity contribution in [1.29, 1.82) is 0 Å². The molecule has 0 aliphatic carbocycles. The number of likely N-dealkylation sites (tertiary alicyclic amines) is 1. The minimum atomic E-state index is -0.0850. The summed E-state index contributed by atoms with van der Waals surface area (Å²) in [5.74, 6) is 1.96. The first-order valence-corrected chi connectivity index (χ1v) is 8.35. The maximum Gasteiger partial charge on any atom is 0.261 e. The number of carbonyl (C=O) groups is 1. The van der Waals surface area contributed by atoms with Crippen LogP contribution in [-0.4, -0.2) is 59.3 Å². The Labute approximate surface area is 149 Å². The molecule has 0 unspecified atom stereocenters. The van der Waals surface area contributed by atoms with E-state index in [4.69, 9.17) is 4.74 Å². The van der Waals surface area contributed by atoms with Gasteiger partial charge in [0, 0.05) is 6.54 Å². The number of amides is 1. The Morgan fingerprint density at radius 1 is 1.35 bits per heavy atom. The Balaban J connectivity index is 1.37. The summed E-state index contributed by atoms with van der Waals surface area (Å²) in [6, 6.07) is 7.13. The third-order valence-electron chi connectivity index (χ3n) is 4.30. The molecule has 1 aliphatic rings. The molecular formula is C16H18N8O2. The molecule has 1 fully saturated rings. The molecule has 1 N–H and O–H groups in total. The van der Waals surface area contributed by atoms with Crippen LogP contribution < -0.4 is 4.74 Å². The van der Waals surface area contributed by atoms with Crippen LogP contribution in [0.4, 0.5) is 0 Å². The van der Waals surface area contributed by atoms with Gasteiger partial charge in [-0.1, -0.05) is 0 Å². The number of aryl methyl sites for hydroxylation is 1. The highest BCUT2D eigenvalue weighted by molar-refractivity contribution is 5.78. The summed E-state index contributed by atoms with van der Waals surface area (Å²) in [5.41, 5.74) is 0.813. The van der Waals surface area contributed by atoms with Gasteiger partial charge in [0.05, 0.1) is 11.7 Å². The summed E-state index contributed by atoms with van der Waals surface area (Å²) in [4.78, 5) is 18.7. The molecule has 134 valence electrons. The molecule has 1 atom stereocenters. The average molecular weight is 354 g/mol. The van der Waals surface area contributed by atoms with E-state index in [1.807, 2.05) is 19.1 Å². The van der Waals surface area contributed by atoms with Crippen LogP contribution in [-0.2, 0) is 4.79 Å². The smallest absolute Gasteiger partial charge is 0.261 e. The number of rotatable bonds is 5. The molecule has 0 radical (unpaired) electrons. The quantitative estimate of drug-likeness (QED) is 0.721. The lowest BCUT2D eigenvalue weighted by atomic mass is 10.2. The van der Waals surface area contributed by atoms with Gasteiger partial charge in [-0.25, -0.2) is 9.67 Å². The predicted octanol–water partition coefficient (Wildman–Crippen LogP) is 0.831. The fourth-order valence-electron chi connectivity index (χ4n) is 3.05. The predicted molar refractivity (Wildman–Crippen MR) is 89.5 cm³/mol. The molecule has 3 aromatic rings. The van der Waals surface area contributed by atoms with Crippen molar-refractivity contribution in [1.82, 2.24) is 40.3 Å². The molecule has 1 aromatic carbocycles. The van der Waals surface area contributed by atoms with Crippen LogP contribution in [0.3, 0.4) is 0 Å². The first kappa shape index (κ1) is 16.2. The summed E-state index contributed by atoms with van der Waals surface area (Å²) in [5, 5.41) is 18.0. The topological polar surface area (TPSA) is 115 Å². The van der Waals surface area contributed by atoms with Crippen LogP contribution in [0.5, 0.6) is 5.75 Å². The Morgan fingerprint density at radius 2 is 2.19 bits per heavy atom. The zero-order chi connectivity index (χ0) is 17.9. The highest BCUT2D eigenvalue weighted by Crippen LogP contribution is 2.29. The molecule has 0 saturated carbocycles. The summed E-state index contributed by atoms with van der Waals surface area (Å²) in [7, 11) is 0. The van der Waals surface area contributed by atoms with E-state index in [9.17, 15) is 4.79 Å². The lowest BCUT2D eigenvalue weighted by Gasteiger charge is -2.22. The Bertz CT molecular complexity index is 874. The van der Waals surface area contributed by atoms with Gasteiger partial charge in [0.15, 0.2) is 12.4 Å². The van der Waals surface area contributed by atoms with Crippen LogP contribution in [0.25, 0.3) is 5.69 Å². The van der Waals surface area contributed by atoms with Crippen LogP contribution >= 0.6 is 0 Å². The Hall–Kier alpha value is -3.30. The van der Waals surface area contributed by atoms with Gasteiger partial charge in [-0.3, -0.25) is 9.89 Å². The number of hydrogen-bond donors (Lipinski definition) is 1. The normalized spacial score (nSPS) is 16.8. The molecule has 10 heteroatoms. The first-order valence-electron chi connectivity index (χ1n) is 8.35. The fraction of sp³-hybridized carbons (Fsp3) is 0.375. The van der Waals surface area contributed by atoms with Crippen LogP contribution in [0.1, 0.15) is 30.5 Å². The zero-order valence-electron chi connectivity index (χ0n) is 14.2. The van der Waals surface area contributed by atoms with E-state index in [0.717, 1.165) is 24.4 Å². The second-order valence-electron chi connectivity index (χ2n) is 6.06. The third kappa shape index (κ3) is 3.25. The molecule has 26 heavy (non-hydrogen) atoms. The molecule has 4 rings (SSSR count).